The van der Waals surface area contributed by atoms with Crippen molar-refractivity contribution in [2.45, 2.75) is 12.8 Å². The van der Waals surface area contributed by atoms with Crippen LogP contribution in [0.25, 0.3) is 6.08 Å². The molecule has 2 nitrogen and oxygen atoms in total. The van der Waals surface area contributed by atoms with Gasteiger partial charge in [-0.1, -0.05) is 42.0 Å². The highest BCUT2D eigenvalue weighted by molar-refractivity contribution is 6.56. The molecule has 1 aromatic rings. The first-order chi connectivity index (χ1) is 7.75. The standard InChI is InChI=1S/C13H16BNO/c14-13(16)15-8-6-12(7-9-15)10-11-4-2-1-3-5-11/h1-5,10H,6-9,14H2. The molecule has 1 aliphatic rings. The molecule has 82 valence electrons. The van der Waals surface area contributed by atoms with Gasteiger partial charge < -0.3 is 4.90 Å². The van der Waals surface area contributed by atoms with Crippen LogP contribution in [0.5, 0.6) is 0 Å². The molecule has 1 aliphatic heterocycles. The third kappa shape index (κ3) is 2.75. The minimum absolute atomic E-state index is 0.193. The molecule has 16 heavy (non-hydrogen) atoms. The fourth-order valence-electron chi connectivity index (χ4n) is 2.04. The number of carbonyl (C=O) groups excluding carboxylic acids is 1. The van der Waals surface area contributed by atoms with Crippen LogP contribution in [0.4, 0.5) is 4.79 Å². The molecule has 1 amide bonds. The summed E-state index contributed by atoms with van der Waals surface area (Å²) in [6.45, 7) is 1.74. The minimum Gasteiger partial charge on any atom is -0.351 e. The summed E-state index contributed by atoms with van der Waals surface area (Å²) >= 11 is 0. The second-order valence-electron chi connectivity index (χ2n) is 4.22. The number of amides is 1. The maximum atomic E-state index is 11.2. The van der Waals surface area contributed by atoms with E-state index in [9.17, 15) is 4.79 Å². The van der Waals surface area contributed by atoms with E-state index in [1.54, 1.807) is 7.85 Å². The Balaban J connectivity index is 1.99. The Morgan fingerprint density at radius 2 is 1.81 bits per heavy atom. The topological polar surface area (TPSA) is 20.3 Å². The van der Waals surface area contributed by atoms with E-state index >= 15 is 0 Å². The lowest BCUT2D eigenvalue weighted by molar-refractivity contribution is 0.217. The molecule has 0 aliphatic carbocycles. The molecule has 0 N–H and O–H groups in total. The number of carbonyl (C=O) groups is 1. The molecule has 2 rings (SSSR count). The van der Waals surface area contributed by atoms with E-state index in [-0.39, 0.29) is 5.81 Å². The van der Waals surface area contributed by atoms with E-state index in [1.807, 2.05) is 11.0 Å². The molecule has 0 radical (unpaired) electrons. The zero-order valence-electron chi connectivity index (χ0n) is 9.65. The maximum Gasteiger partial charge on any atom is 0.215 e. The maximum absolute atomic E-state index is 11.2. The summed E-state index contributed by atoms with van der Waals surface area (Å²) in [4.78, 5) is 13.1. The number of piperidine rings is 1. The van der Waals surface area contributed by atoms with Crippen molar-refractivity contribution in [1.29, 1.82) is 0 Å². The van der Waals surface area contributed by atoms with Gasteiger partial charge in [-0.25, -0.2) is 0 Å². The largest absolute Gasteiger partial charge is 0.351 e. The molecule has 0 spiro atoms. The Hall–Kier alpha value is -1.51. The van der Waals surface area contributed by atoms with Crippen molar-refractivity contribution in [3.63, 3.8) is 0 Å². The summed E-state index contributed by atoms with van der Waals surface area (Å²) in [6, 6.07) is 10.4. The smallest absolute Gasteiger partial charge is 0.215 e. The molecule has 1 fully saturated rings. The average Bonchev–Trinajstić information content (AvgIpc) is 2.31. The van der Waals surface area contributed by atoms with E-state index in [0.717, 1.165) is 25.9 Å². The molecule has 0 unspecified atom stereocenters. The van der Waals surface area contributed by atoms with Crippen LogP contribution in [-0.2, 0) is 0 Å². The van der Waals surface area contributed by atoms with E-state index in [2.05, 4.69) is 30.3 Å². The number of benzene rings is 1. The molecule has 1 saturated heterocycles. The van der Waals surface area contributed by atoms with Crippen molar-refractivity contribution in [1.82, 2.24) is 4.90 Å². The zero-order chi connectivity index (χ0) is 11.4. The number of hydrogen-bond donors (Lipinski definition) is 0. The van der Waals surface area contributed by atoms with Gasteiger partial charge in [0.05, 0.1) is 0 Å². The summed E-state index contributed by atoms with van der Waals surface area (Å²) < 4.78 is 0. The van der Waals surface area contributed by atoms with Crippen molar-refractivity contribution in [2.75, 3.05) is 13.1 Å². The highest BCUT2D eigenvalue weighted by Crippen LogP contribution is 2.19. The van der Waals surface area contributed by atoms with Gasteiger partial charge in [-0.2, -0.15) is 0 Å². The number of likely N-dealkylation sites (tertiary alicyclic amines) is 1. The number of hydrogen-bond acceptors (Lipinski definition) is 1. The highest BCUT2D eigenvalue weighted by Gasteiger charge is 2.14. The quantitative estimate of drug-likeness (QED) is 0.652. The predicted molar refractivity (Wildman–Crippen MR) is 69.2 cm³/mol. The second-order valence-corrected chi connectivity index (χ2v) is 4.22. The Morgan fingerprint density at radius 1 is 1.19 bits per heavy atom. The monoisotopic (exact) mass is 213 g/mol. The van der Waals surface area contributed by atoms with Crippen molar-refractivity contribution in [3.8, 4) is 0 Å². The van der Waals surface area contributed by atoms with Crippen LogP contribution in [0.2, 0.25) is 0 Å². The molecule has 0 atom stereocenters. The zero-order valence-corrected chi connectivity index (χ0v) is 9.65. The highest BCUT2D eigenvalue weighted by atomic mass is 16.1. The number of rotatable bonds is 1. The normalized spacial score (nSPS) is 16.0. The number of nitrogens with zero attached hydrogens (tertiary/aromatic N) is 1. The van der Waals surface area contributed by atoms with Gasteiger partial charge in [0, 0.05) is 13.1 Å². The molecule has 0 bridgehead atoms. The molecule has 1 heterocycles. The lowest BCUT2D eigenvalue weighted by Gasteiger charge is -2.27. The molecule has 1 aromatic carbocycles. The van der Waals surface area contributed by atoms with Gasteiger partial charge >= 0.3 is 0 Å². The first-order valence-corrected chi connectivity index (χ1v) is 5.76. The van der Waals surface area contributed by atoms with E-state index in [1.165, 1.54) is 11.1 Å². The molecular weight excluding hydrogens is 197 g/mol. The summed E-state index contributed by atoms with van der Waals surface area (Å²) in [5, 5.41) is 0. The van der Waals surface area contributed by atoms with Crippen LogP contribution in [0.3, 0.4) is 0 Å². The SMILES string of the molecule is BC(=O)N1CCC(=Cc2ccccc2)CC1. The molecule has 3 heteroatoms. The molecular formula is C13H16BNO. The van der Waals surface area contributed by atoms with Crippen LogP contribution in [0.15, 0.2) is 35.9 Å². The summed E-state index contributed by atoms with van der Waals surface area (Å²) in [5.41, 5.74) is 2.71. The summed E-state index contributed by atoms with van der Waals surface area (Å²) in [7, 11) is 1.64. The molecule has 0 saturated carbocycles. The first kappa shape index (κ1) is 11.0. The van der Waals surface area contributed by atoms with Gasteiger partial charge in [-0.15, -0.1) is 0 Å². The van der Waals surface area contributed by atoms with Crippen molar-refractivity contribution < 1.29 is 4.79 Å². The summed E-state index contributed by atoms with van der Waals surface area (Å²) in [5.74, 6) is 0.193. The van der Waals surface area contributed by atoms with E-state index < -0.39 is 0 Å². The predicted octanol–water partition coefficient (Wildman–Crippen LogP) is 1.92. The van der Waals surface area contributed by atoms with Crippen molar-refractivity contribution in [2.24, 2.45) is 0 Å². The third-order valence-electron chi connectivity index (χ3n) is 3.02. The Bertz CT molecular complexity index is 390. The first-order valence-electron chi connectivity index (χ1n) is 5.76. The van der Waals surface area contributed by atoms with Crippen LogP contribution < -0.4 is 0 Å². The lowest BCUT2D eigenvalue weighted by Crippen LogP contribution is -2.35. The van der Waals surface area contributed by atoms with Gasteiger partial charge in [0.15, 0.2) is 5.81 Å². The third-order valence-corrected chi connectivity index (χ3v) is 3.02. The van der Waals surface area contributed by atoms with Crippen LogP contribution in [0, 0.1) is 0 Å². The van der Waals surface area contributed by atoms with Crippen LogP contribution >= 0.6 is 0 Å². The Kier molecular flexibility index (Phi) is 3.45. The molecule has 0 aromatic heterocycles. The van der Waals surface area contributed by atoms with Gasteiger partial charge in [0.25, 0.3) is 0 Å². The van der Waals surface area contributed by atoms with Crippen molar-refractivity contribution in [3.05, 3.63) is 41.5 Å². The van der Waals surface area contributed by atoms with Gasteiger partial charge in [-0.05, 0) is 18.4 Å². The minimum atomic E-state index is 0.193. The van der Waals surface area contributed by atoms with E-state index in [0.29, 0.717) is 0 Å². The fourth-order valence-corrected chi connectivity index (χ4v) is 2.04. The van der Waals surface area contributed by atoms with Crippen LogP contribution in [-0.4, -0.2) is 31.6 Å². The lowest BCUT2D eigenvalue weighted by atomic mass is 9.98. The van der Waals surface area contributed by atoms with Gasteiger partial charge in [-0.3, -0.25) is 4.79 Å². The Labute approximate surface area is 97.4 Å². The average molecular weight is 213 g/mol. The summed E-state index contributed by atoms with van der Waals surface area (Å²) in [6.07, 6.45) is 4.26. The van der Waals surface area contributed by atoms with Gasteiger partial charge in [0.2, 0.25) is 7.85 Å². The second kappa shape index (κ2) is 5.02. The van der Waals surface area contributed by atoms with Gasteiger partial charge in [0.1, 0.15) is 0 Å². The van der Waals surface area contributed by atoms with E-state index in [4.69, 9.17) is 0 Å². The fraction of sp³-hybridized carbons (Fsp3) is 0.308. The van der Waals surface area contributed by atoms with Crippen LogP contribution in [0.1, 0.15) is 18.4 Å². The Morgan fingerprint density at radius 3 is 2.38 bits per heavy atom. The van der Waals surface area contributed by atoms with Crippen molar-refractivity contribution >= 4 is 19.7 Å².